The second-order valence-corrected chi connectivity index (χ2v) is 5.13. The van der Waals surface area contributed by atoms with E-state index in [1.807, 2.05) is 6.07 Å². The van der Waals surface area contributed by atoms with Gasteiger partial charge in [0.2, 0.25) is 0 Å². The number of hydrogen-bond acceptors (Lipinski definition) is 5. The number of urea groups is 1. The Morgan fingerprint density at radius 3 is 2.46 bits per heavy atom. The lowest BCUT2D eigenvalue weighted by atomic mass is 10.1. The van der Waals surface area contributed by atoms with Crippen LogP contribution in [0, 0.1) is 17.1 Å². The summed E-state index contributed by atoms with van der Waals surface area (Å²) in [6.45, 7) is 0.171. The van der Waals surface area contributed by atoms with E-state index in [2.05, 4.69) is 10.6 Å². The SMILES string of the molecule is COc1ccc(CNC(=O)Nc2c(C#N)cc(F)cc2OC)c(OC)c1. The van der Waals surface area contributed by atoms with E-state index in [0.717, 1.165) is 17.7 Å². The molecule has 0 aromatic heterocycles. The highest BCUT2D eigenvalue weighted by atomic mass is 19.1. The molecule has 0 atom stereocenters. The monoisotopic (exact) mass is 359 g/mol. The Bertz CT molecular complexity index is 849. The molecule has 7 nitrogen and oxygen atoms in total. The Labute approximate surface area is 150 Å². The summed E-state index contributed by atoms with van der Waals surface area (Å²) in [5, 5.41) is 14.3. The Kier molecular flexibility index (Phi) is 6.22. The van der Waals surface area contributed by atoms with Crippen LogP contribution in [0.4, 0.5) is 14.9 Å². The van der Waals surface area contributed by atoms with Crippen molar-refractivity contribution in [1.82, 2.24) is 5.32 Å². The number of methoxy groups -OCH3 is 3. The summed E-state index contributed by atoms with van der Waals surface area (Å²) in [6.07, 6.45) is 0. The second-order valence-electron chi connectivity index (χ2n) is 5.13. The maximum Gasteiger partial charge on any atom is 0.319 e. The summed E-state index contributed by atoms with van der Waals surface area (Å²) < 4.78 is 28.9. The highest BCUT2D eigenvalue weighted by Gasteiger charge is 2.15. The minimum atomic E-state index is -0.632. The molecule has 0 radical (unpaired) electrons. The summed E-state index contributed by atoms with van der Waals surface area (Å²) in [5.41, 5.74) is 0.782. The van der Waals surface area contributed by atoms with Crippen LogP contribution in [0.1, 0.15) is 11.1 Å². The number of nitriles is 1. The topological polar surface area (TPSA) is 92.6 Å². The van der Waals surface area contributed by atoms with E-state index in [4.69, 9.17) is 19.5 Å². The van der Waals surface area contributed by atoms with Gasteiger partial charge in [-0.2, -0.15) is 5.26 Å². The molecule has 0 fully saturated rings. The van der Waals surface area contributed by atoms with Crippen LogP contribution >= 0.6 is 0 Å². The minimum absolute atomic E-state index is 0.0426. The predicted molar refractivity (Wildman–Crippen MR) is 93.1 cm³/mol. The third kappa shape index (κ3) is 4.33. The van der Waals surface area contributed by atoms with E-state index < -0.39 is 11.8 Å². The van der Waals surface area contributed by atoms with E-state index in [1.165, 1.54) is 14.2 Å². The smallest absolute Gasteiger partial charge is 0.319 e. The molecule has 8 heteroatoms. The number of carbonyl (C=O) groups is 1. The molecule has 0 saturated heterocycles. The maximum absolute atomic E-state index is 13.5. The molecule has 2 N–H and O–H groups in total. The molecule has 0 bridgehead atoms. The van der Waals surface area contributed by atoms with Crippen molar-refractivity contribution in [2.45, 2.75) is 6.54 Å². The van der Waals surface area contributed by atoms with Crippen LogP contribution in [-0.2, 0) is 6.54 Å². The van der Waals surface area contributed by atoms with E-state index >= 15 is 0 Å². The standard InChI is InChI=1S/C18H18FN3O4/c1-24-14-5-4-11(15(8-14)25-2)10-21-18(23)22-17-12(9-20)6-13(19)7-16(17)26-3/h4-8H,10H2,1-3H3,(H2,21,22,23). The van der Waals surface area contributed by atoms with Crippen molar-refractivity contribution in [2.24, 2.45) is 0 Å². The number of halogens is 1. The molecule has 2 aromatic rings. The van der Waals surface area contributed by atoms with Crippen molar-refractivity contribution in [3.8, 4) is 23.3 Å². The lowest BCUT2D eigenvalue weighted by Gasteiger charge is -2.14. The molecule has 2 rings (SSSR count). The summed E-state index contributed by atoms with van der Waals surface area (Å²) >= 11 is 0. The fraction of sp³-hybridized carbons (Fsp3) is 0.222. The van der Waals surface area contributed by atoms with Crippen molar-refractivity contribution in [3.05, 3.63) is 47.3 Å². The average molecular weight is 359 g/mol. The first-order chi connectivity index (χ1) is 12.5. The largest absolute Gasteiger partial charge is 0.497 e. The van der Waals surface area contributed by atoms with Crippen LogP contribution in [0.5, 0.6) is 17.2 Å². The van der Waals surface area contributed by atoms with Crippen molar-refractivity contribution in [1.29, 1.82) is 5.26 Å². The lowest BCUT2D eigenvalue weighted by molar-refractivity contribution is 0.251. The van der Waals surface area contributed by atoms with Gasteiger partial charge in [0.05, 0.1) is 26.9 Å². The molecule has 0 heterocycles. The molecular weight excluding hydrogens is 341 g/mol. The number of nitrogens with one attached hydrogen (secondary N) is 2. The van der Waals surface area contributed by atoms with Crippen LogP contribution in [0.3, 0.4) is 0 Å². The van der Waals surface area contributed by atoms with Gasteiger partial charge in [0.25, 0.3) is 0 Å². The van der Waals surface area contributed by atoms with Gasteiger partial charge < -0.3 is 24.8 Å². The number of nitrogens with zero attached hydrogens (tertiary/aromatic N) is 1. The molecule has 26 heavy (non-hydrogen) atoms. The van der Waals surface area contributed by atoms with Gasteiger partial charge in [-0.05, 0) is 18.2 Å². The Hall–Kier alpha value is -3.47. The summed E-state index contributed by atoms with van der Waals surface area (Å²) in [6, 6.07) is 8.56. The van der Waals surface area contributed by atoms with Gasteiger partial charge in [-0.3, -0.25) is 0 Å². The Morgan fingerprint density at radius 2 is 1.85 bits per heavy atom. The number of ether oxygens (including phenoxy) is 3. The molecule has 0 aliphatic heterocycles. The molecule has 2 amide bonds. The molecule has 0 aliphatic carbocycles. The van der Waals surface area contributed by atoms with Crippen LogP contribution < -0.4 is 24.8 Å². The summed E-state index contributed by atoms with van der Waals surface area (Å²) in [5.74, 6) is 0.609. The van der Waals surface area contributed by atoms with Crippen molar-refractivity contribution in [3.63, 3.8) is 0 Å². The fourth-order valence-electron chi connectivity index (χ4n) is 2.29. The minimum Gasteiger partial charge on any atom is -0.497 e. The summed E-state index contributed by atoms with van der Waals surface area (Å²) in [4.78, 5) is 12.2. The average Bonchev–Trinajstić information content (AvgIpc) is 2.66. The van der Waals surface area contributed by atoms with Gasteiger partial charge >= 0.3 is 6.03 Å². The molecule has 2 aromatic carbocycles. The van der Waals surface area contributed by atoms with Crippen LogP contribution in [-0.4, -0.2) is 27.4 Å². The van der Waals surface area contributed by atoms with Gasteiger partial charge in [0.15, 0.2) is 0 Å². The van der Waals surface area contributed by atoms with Crippen LogP contribution in [0.15, 0.2) is 30.3 Å². The Morgan fingerprint density at radius 1 is 1.12 bits per heavy atom. The van der Waals surface area contributed by atoms with Crippen molar-refractivity contribution >= 4 is 11.7 Å². The number of hydrogen-bond donors (Lipinski definition) is 2. The predicted octanol–water partition coefficient (Wildman–Crippen LogP) is 3.04. The number of benzene rings is 2. The molecule has 136 valence electrons. The second kappa shape index (κ2) is 8.58. The van der Waals surface area contributed by atoms with E-state index in [-0.39, 0.29) is 23.5 Å². The van der Waals surface area contributed by atoms with E-state index in [1.54, 1.807) is 25.3 Å². The zero-order valence-corrected chi connectivity index (χ0v) is 14.6. The third-order valence-corrected chi connectivity index (χ3v) is 3.58. The normalized spacial score (nSPS) is 9.81. The highest BCUT2D eigenvalue weighted by Crippen LogP contribution is 2.29. The van der Waals surface area contributed by atoms with E-state index in [0.29, 0.717) is 11.5 Å². The number of rotatable bonds is 6. The quantitative estimate of drug-likeness (QED) is 0.827. The number of anilines is 1. The third-order valence-electron chi connectivity index (χ3n) is 3.58. The Balaban J connectivity index is 2.12. The fourth-order valence-corrected chi connectivity index (χ4v) is 2.29. The van der Waals surface area contributed by atoms with Gasteiger partial charge in [-0.15, -0.1) is 0 Å². The molecular formula is C18H18FN3O4. The zero-order valence-electron chi connectivity index (χ0n) is 14.6. The van der Waals surface area contributed by atoms with Gasteiger partial charge in [0.1, 0.15) is 34.8 Å². The van der Waals surface area contributed by atoms with Gasteiger partial charge in [-0.1, -0.05) is 0 Å². The number of amides is 2. The highest BCUT2D eigenvalue weighted by molar-refractivity contribution is 5.92. The van der Waals surface area contributed by atoms with E-state index in [9.17, 15) is 9.18 Å². The summed E-state index contributed by atoms with van der Waals surface area (Å²) in [7, 11) is 4.38. The maximum atomic E-state index is 13.5. The molecule has 0 unspecified atom stereocenters. The molecule has 0 aliphatic rings. The van der Waals surface area contributed by atoms with Gasteiger partial charge in [-0.25, -0.2) is 9.18 Å². The zero-order chi connectivity index (χ0) is 19.1. The molecule has 0 saturated carbocycles. The van der Waals surface area contributed by atoms with Crippen LogP contribution in [0.25, 0.3) is 0 Å². The lowest BCUT2D eigenvalue weighted by Crippen LogP contribution is -2.29. The van der Waals surface area contributed by atoms with Crippen LogP contribution in [0.2, 0.25) is 0 Å². The van der Waals surface area contributed by atoms with Gasteiger partial charge in [0, 0.05) is 24.2 Å². The van der Waals surface area contributed by atoms with Crippen molar-refractivity contribution in [2.75, 3.05) is 26.6 Å². The first-order valence-corrected chi connectivity index (χ1v) is 7.55. The van der Waals surface area contributed by atoms with Crippen molar-refractivity contribution < 1.29 is 23.4 Å². The first kappa shape index (κ1) is 18.9. The number of carbonyl (C=O) groups excluding carboxylic acids is 1. The molecule has 0 spiro atoms. The first-order valence-electron chi connectivity index (χ1n) is 7.55.